The van der Waals surface area contributed by atoms with Crippen LogP contribution in [0.2, 0.25) is 0 Å². The second-order valence-corrected chi connectivity index (χ2v) is 6.28. The predicted octanol–water partition coefficient (Wildman–Crippen LogP) is 3.02. The Balaban J connectivity index is 2.40. The summed E-state index contributed by atoms with van der Waals surface area (Å²) in [5, 5.41) is 10.1. The van der Waals surface area contributed by atoms with Crippen LogP contribution in [0.4, 0.5) is 0 Å². The first-order valence-corrected chi connectivity index (χ1v) is 6.40. The smallest absolute Gasteiger partial charge is 0.162 e. The predicted molar refractivity (Wildman–Crippen MR) is 68.6 cm³/mol. The van der Waals surface area contributed by atoms with Crippen molar-refractivity contribution in [2.75, 3.05) is 0 Å². The minimum atomic E-state index is -0.894. The lowest BCUT2D eigenvalue weighted by molar-refractivity contribution is -0.127. The van der Waals surface area contributed by atoms with Gasteiger partial charge in [0.05, 0.1) is 5.60 Å². The third-order valence-corrected chi connectivity index (χ3v) is 4.53. The average Bonchev–Trinajstić information content (AvgIpc) is 2.19. The number of carbonyl (C=O) groups excluding carboxylic acids is 1. The molecule has 0 aliphatic heterocycles. The van der Waals surface area contributed by atoms with Gasteiger partial charge in [-0.3, -0.25) is 4.79 Å². The summed E-state index contributed by atoms with van der Waals surface area (Å²) in [5.41, 5.74) is 0.869. The fourth-order valence-electron chi connectivity index (χ4n) is 3.17. The van der Waals surface area contributed by atoms with Crippen molar-refractivity contribution in [2.45, 2.75) is 52.1 Å². The van der Waals surface area contributed by atoms with Crippen LogP contribution in [0.25, 0.3) is 0 Å². The van der Waals surface area contributed by atoms with Crippen LogP contribution in [0.15, 0.2) is 23.8 Å². The lowest BCUT2D eigenvalue weighted by Gasteiger charge is -2.45. The van der Waals surface area contributed by atoms with Crippen molar-refractivity contribution in [2.24, 2.45) is 11.3 Å². The zero-order valence-corrected chi connectivity index (χ0v) is 11.0. The summed E-state index contributed by atoms with van der Waals surface area (Å²) < 4.78 is 0. The SMILES string of the molecule is C=C1CCCC2(C)C(=O)C=C(C(C)(C)O)CC12. The van der Waals surface area contributed by atoms with Crippen molar-refractivity contribution in [1.82, 2.24) is 0 Å². The molecule has 0 saturated heterocycles. The molecule has 0 radical (unpaired) electrons. The van der Waals surface area contributed by atoms with Crippen LogP contribution in [0, 0.1) is 11.3 Å². The second kappa shape index (κ2) is 3.81. The van der Waals surface area contributed by atoms with Crippen LogP contribution in [-0.2, 0) is 4.79 Å². The Morgan fingerprint density at radius 1 is 1.53 bits per heavy atom. The van der Waals surface area contributed by atoms with Crippen molar-refractivity contribution in [3.8, 4) is 0 Å². The Labute approximate surface area is 103 Å². The van der Waals surface area contributed by atoms with Gasteiger partial charge in [0.15, 0.2) is 5.78 Å². The molecule has 0 aromatic heterocycles. The van der Waals surface area contributed by atoms with Gasteiger partial charge in [0.25, 0.3) is 0 Å². The number of fused-ring (bicyclic) bond motifs is 1. The molecule has 1 N–H and O–H groups in total. The molecule has 0 aromatic carbocycles. The number of rotatable bonds is 1. The van der Waals surface area contributed by atoms with E-state index in [-0.39, 0.29) is 17.1 Å². The fourth-order valence-corrected chi connectivity index (χ4v) is 3.17. The van der Waals surface area contributed by atoms with Gasteiger partial charge in [0.1, 0.15) is 0 Å². The minimum Gasteiger partial charge on any atom is -0.386 e. The molecule has 1 fully saturated rings. The zero-order valence-electron chi connectivity index (χ0n) is 11.0. The summed E-state index contributed by atoms with van der Waals surface area (Å²) in [6.07, 6.45) is 5.49. The molecule has 2 rings (SSSR count). The van der Waals surface area contributed by atoms with Gasteiger partial charge < -0.3 is 5.11 Å². The van der Waals surface area contributed by atoms with Crippen molar-refractivity contribution in [3.05, 3.63) is 23.8 Å². The van der Waals surface area contributed by atoms with Crippen LogP contribution in [0.5, 0.6) is 0 Å². The Morgan fingerprint density at radius 3 is 2.76 bits per heavy atom. The van der Waals surface area contributed by atoms with Crippen LogP contribution in [0.3, 0.4) is 0 Å². The van der Waals surface area contributed by atoms with Crippen LogP contribution >= 0.6 is 0 Å². The standard InChI is InChI=1S/C15H22O2/c1-10-6-5-7-15(4)12(10)8-11(9-13(15)16)14(2,3)17/h9,12,17H,1,5-8H2,2-4H3. The Bertz CT molecular complexity index is 398. The Hall–Kier alpha value is -0.890. The molecule has 0 spiro atoms. The van der Waals surface area contributed by atoms with E-state index in [0.717, 1.165) is 31.3 Å². The van der Waals surface area contributed by atoms with Crippen molar-refractivity contribution >= 4 is 5.78 Å². The van der Waals surface area contributed by atoms with Crippen molar-refractivity contribution in [3.63, 3.8) is 0 Å². The molecule has 2 aliphatic carbocycles. The maximum atomic E-state index is 12.3. The maximum Gasteiger partial charge on any atom is 0.162 e. The lowest BCUT2D eigenvalue weighted by Crippen LogP contribution is -2.44. The van der Waals surface area contributed by atoms with E-state index in [9.17, 15) is 9.90 Å². The summed E-state index contributed by atoms with van der Waals surface area (Å²) in [6.45, 7) is 9.69. The van der Waals surface area contributed by atoms with E-state index in [4.69, 9.17) is 0 Å². The molecule has 2 aliphatic rings. The molecule has 2 heteroatoms. The van der Waals surface area contributed by atoms with Crippen LogP contribution in [-0.4, -0.2) is 16.5 Å². The van der Waals surface area contributed by atoms with E-state index < -0.39 is 5.60 Å². The molecule has 0 heterocycles. The summed E-state index contributed by atoms with van der Waals surface area (Å²) in [5.74, 6) is 0.391. The molecular formula is C15H22O2. The summed E-state index contributed by atoms with van der Waals surface area (Å²) in [7, 11) is 0. The Morgan fingerprint density at radius 2 is 2.18 bits per heavy atom. The zero-order chi connectivity index (χ0) is 12.8. The molecule has 2 atom stereocenters. The van der Waals surface area contributed by atoms with Crippen LogP contribution < -0.4 is 0 Å². The molecule has 0 aromatic rings. The number of hydrogen-bond acceptors (Lipinski definition) is 2. The first kappa shape index (κ1) is 12.6. The third-order valence-electron chi connectivity index (χ3n) is 4.53. The quantitative estimate of drug-likeness (QED) is 0.708. The van der Waals surface area contributed by atoms with E-state index in [1.54, 1.807) is 19.9 Å². The van der Waals surface area contributed by atoms with E-state index in [1.807, 2.05) is 0 Å². The van der Waals surface area contributed by atoms with Gasteiger partial charge in [-0.05, 0) is 57.1 Å². The van der Waals surface area contributed by atoms with Gasteiger partial charge >= 0.3 is 0 Å². The third kappa shape index (κ3) is 1.99. The van der Waals surface area contributed by atoms with Gasteiger partial charge in [-0.25, -0.2) is 0 Å². The monoisotopic (exact) mass is 234 g/mol. The molecule has 1 saturated carbocycles. The number of allylic oxidation sites excluding steroid dienone is 2. The number of aliphatic hydroxyl groups is 1. The fraction of sp³-hybridized carbons (Fsp3) is 0.667. The van der Waals surface area contributed by atoms with E-state index >= 15 is 0 Å². The normalized spacial score (nSPS) is 34.4. The molecule has 94 valence electrons. The van der Waals surface area contributed by atoms with Crippen molar-refractivity contribution in [1.29, 1.82) is 0 Å². The average molecular weight is 234 g/mol. The first-order chi connectivity index (χ1) is 7.75. The second-order valence-electron chi connectivity index (χ2n) is 6.28. The number of hydrogen-bond donors (Lipinski definition) is 1. The highest BCUT2D eigenvalue weighted by atomic mass is 16.3. The van der Waals surface area contributed by atoms with E-state index in [2.05, 4.69) is 13.5 Å². The molecule has 0 bridgehead atoms. The van der Waals surface area contributed by atoms with E-state index in [1.165, 1.54) is 5.57 Å². The minimum absolute atomic E-state index is 0.173. The van der Waals surface area contributed by atoms with E-state index in [0.29, 0.717) is 0 Å². The highest BCUT2D eigenvalue weighted by Crippen LogP contribution is 2.50. The van der Waals surface area contributed by atoms with Gasteiger partial charge in [0.2, 0.25) is 0 Å². The topological polar surface area (TPSA) is 37.3 Å². The highest BCUT2D eigenvalue weighted by molar-refractivity contribution is 5.97. The van der Waals surface area contributed by atoms with Gasteiger partial charge in [-0.2, -0.15) is 0 Å². The lowest BCUT2D eigenvalue weighted by atomic mass is 9.58. The summed E-state index contributed by atoms with van der Waals surface area (Å²) in [4.78, 5) is 12.3. The first-order valence-electron chi connectivity index (χ1n) is 6.40. The van der Waals surface area contributed by atoms with Gasteiger partial charge in [-0.15, -0.1) is 0 Å². The largest absolute Gasteiger partial charge is 0.386 e. The molecular weight excluding hydrogens is 212 g/mol. The van der Waals surface area contributed by atoms with Gasteiger partial charge in [0, 0.05) is 5.41 Å². The summed E-state index contributed by atoms with van der Waals surface area (Å²) >= 11 is 0. The molecule has 2 unspecified atom stereocenters. The molecule has 2 nitrogen and oxygen atoms in total. The van der Waals surface area contributed by atoms with Crippen molar-refractivity contribution < 1.29 is 9.90 Å². The van der Waals surface area contributed by atoms with Crippen LogP contribution in [0.1, 0.15) is 46.5 Å². The highest BCUT2D eigenvalue weighted by Gasteiger charge is 2.47. The number of carbonyl (C=O) groups is 1. The van der Waals surface area contributed by atoms with Gasteiger partial charge in [-0.1, -0.05) is 19.1 Å². The Kier molecular flexibility index (Phi) is 2.81. The molecule has 0 amide bonds. The molecule has 17 heavy (non-hydrogen) atoms. The maximum absolute atomic E-state index is 12.3. The number of ketones is 1. The summed E-state index contributed by atoms with van der Waals surface area (Å²) in [6, 6.07) is 0.